The minimum atomic E-state index is 0.0803. The summed E-state index contributed by atoms with van der Waals surface area (Å²) in [4.78, 5) is 11.3. The van der Waals surface area contributed by atoms with E-state index in [1.807, 2.05) is 13.8 Å². The van der Waals surface area contributed by atoms with Crippen molar-refractivity contribution in [1.29, 1.82) is 0 Å². The zero-order valence-corrected chi connectivity index (χ0v) is 10.4. The summed E-state index contributed by atoms with van der Waals surface area (Å²) in [7, 11) is 0. The van der Waals surface area contributed by atoms with Crippen molar-refractivity contribution >= 4 is 5.91 Å². The molecule has 0 aromatic carbocycles. The van der Waals surface area contributed by atoms with Gasteiger partial charge in [0, 0.05) is 19.0 Å². The molecule has 0 radical (unpaired) electrons. The Morgan fingerprint density at radius 2 is 2.38 bits per heavy atom. The van der Waals surface area contributed by atoms with E-state index in [0.717, 1.165) is 19.7 Å². The van der Waals surface area contributed by atoms with Crippen molar-refractivity contribution in [3.63, 3.8) is 0 Å². The molecule has 0 aromatic rings. The van der Waals surface area contributed by atoms with Gasteiger partial charge in [-0.2, -0.15) is 0 Å². The van der Waals surface area contributed by atoms with E-state index < -0.39 is 0 Å². The maximum absolute atomic E-state index is 11.3. The van der Waals surface area contributed by atoms with Gasteiger partial charge in [-0.3, -0.25) is 4.79 Å². The highest BCUT2D eigenvalue weighted by Crippen LogP contribution is 2.09. The van der Waals surface area contributed by atoms with Gasteiger partial charge in [0.15, 0.2) is 0 Å². The number of ether oxygens (including phenoxy) is 1. The second kappa shape index (κ2) is 7.63. The second-order valence-electron chi connectivity index (χ2n) is 4.76. The lowest BCUT2D eigenvalue weighted by Crippen LogP contribution is -2.33. The molecule has 4 nitrogen and oxygen atoms in total. The van der Waals surface area contributed by atoms with Gasteiger partial charge in [-0.1, -0.05) is 0 Å². The molecule has 1 unspecified atom stereocenters. The zero-order chi connectivity index (χ0) is 11.8. The number of amides is 1. The fourth-order valence-corrected chi connectivity index (χ4v) is 1.88. The molecule has 4 heteroatoms. The Labute approximate surface area is 98.1 Å². The van der Waals surface area contributed by atoms with E-state index in [4.69, 9.17) is 4.74 Å². The van der Waals surface area contributed by atoms with Crippen LogP contribution in [0.1, 0.15) is 33.1 Å². The maximum Gasteiger partial charge on any atom is 0.222 e. The van der Waals surface area contributed by atoms with Crippen LogP contribution in [0, 0.1) is 5.92 Å². The Morgan fingerprint density at radius 3 is 3.00 bits per heavy atom. The van der Waals surface area contributed by atoms with Crippen LogP contribution < -0.4 is 10.6 Å². The minimum absolute atomic E-state index is 0.0803. The molecule has 0 aromatic heterocycles. The molecule has 1 aliphatic rings. The van der Waals surface area contributed by atoms with Gasteiger partial charge in [-0.15, -0.1) is 0 Å². The van der Waals surface area contributed by atoms with E-state index in [-0.39, 0.29) is 11.9 Å². The number of nitrogens with one attached hydrogen (secondary N) is 2. The molecule has 0 spiro atoms. The molecule has 1 saturated heterocycles. The third kappa shape index (κ3) is 6.08. The van der Waals surface area contributed by atoms with Gasteiger partial charge in [0.25, 0.3) is 0 Å². The van der Waals surface area contributed by atoms with Crippen LogP contribution in [-0.2, 0) is 9.53 Å². The van der Waals surface area contributed by atoms with Crippen LogP contribution in [0.3, 0.4) is 0 Å². The van der Waals surface area contributed by atoms with E-state index in [9.17, 15) is 4.79 Å². The summed E-state index contributed by atoms with van der Waals surface area (Å²) >= 11 is 0. The van der Waals surface area contributed by atoms with E-state index in [1.54, 1.807) is 0 Å². The molecule has 94 valence electrons. The lowest BCUT2D eigenvalue weighted by Gasteiger charge is -2.22. The first-order valence-corrected chi connectivity index (χ1v) is 6.26. The first kappa shape index (κ1) is 13.5. The molecule has 1 atom stereocenters. The van der Waals surface area contributed by atoms with Crippen LogP contribution in [0.5, 0.6) is 0 Å². The van der Waals surface area contributed by atoms with Crippen molar-refractivity contribution in [2.75, 3.05) is 26.3 Å². The van der Waals surface area contributed by atoms with Crippen molar-refractivity contribution in [2.24, 2.45) is 5.92 Å². The van der Waals surface area contributed by atoms with E-state index >= 15 is 0 Å². The Balaban J connectivity index is 1.96. The quantitative estimate of drug-likeness (QED) is 0.665. The predicted octanol–water partition coefficient (Wildman–Crippen LogP) is 0.917. The fourth-order valence-electron chi connectivity index (χ4n) is 1.88. The Morgan fingerprint density at radius 1 is 1.56 bits per heavy atom. The third-order valence-corrected chi connectivity index (χ3v) is 2.68. The first-order chi connectivity index (χ1) is 7.68. The van der Waals surface area contributed by atoms with Crippen LogP contribution in [-0.4, -0.2) is 38.3 Å². The predicted molar refractivity (Wildman–Crippen MR) is 64.3 cm³/mol. The summed E-state index contributed by atoms with van der Waals surface area (Å²) in [6.07, 6.45) is 2.95. The average molecular weight is 228 g/mol. The highest BCUT2D eigenvalue weighted by molar-refractivity contribution is 5.76. The Hall–Kier alpha value is -0.610. The third-order valence-electron chi connectivity index (χ3n) is 2.68. The highest BCUT2D eigenvalue weighted by Gasteiger charge is 2.12. The molecule has 0 aliphatic carbocycles. The van der Waals surface area contributed by atoms with Crippen LogP contribution in [0.2, 0.25) is 0 Å². The first-order valence-electron chi connectivity index (χ1n) is 6.26. The number of hydrogen-bond donors (Lipinski definition) is 2. The van der Waals surface area contributed by atoms with Crippen molar-refractivity contribution in [3.05, 3.63) is 0 Å². The number of hydrogen-bond acceptors (Lipinski definition) is 3. The molecule has 16 heavy (non-hydrogen) atoms. The lowest BCUT2D eigenvalue weighted by atomic mass is 10.0. The van der Waals surface area contributed by atoms with E-state index in [1.165, 1.54) is 12.8 Å². The SMILES string of the molecule is CC(C)NC(=O)CCOCC1CCCNC1. The Bertz CT molecular complexity index is 201. The normalized spacial score (nSPS) is 21.1. The molecular formula is C12H24N2O2. The molecule has 2 N–H and O–H groups in total. The van der Waals surface area contributed by atoms with Crippen LogP contribution in [0.25, 0.3) is 0 Å². The second-order valence-corrected chi connectivity index (χ2v) is 4.76. The zero-order valence-electron chi connectivity index (χ0n) is 10.4. The van der Waals surface area contributed by atoms with Crippen molar-refractivity contribution in [3.8, 4) is 0 Å². The molecule has 1 fully saturated rings. The number of piperidine rings is 1. The standard InChI is InChI=1S/C12H24N2O2/c1-10(2)14-12(15)5-7-16-9-11-4-3-6-13-8-11/h10-11,13H,3-9H2,1-2H3,(H,14,15). The van der Waals surface area contributed by atoms with Gasteiger partial charge in [0.2, 0.25) is 5.91 Å². The van der Waals surface area contributed by atoms with Gasteiger partial charge in [-0.05, 0) is 39.2 Å². The van der Waals surface area contributed by atoms with Gasteiger partial charge in [-0.25, -0.2) is 0 Å². The number of carbonyl (C=O) groups excluding carboxylic acids is 1. The fraction of sp³-hybridized carbons (Fsp3) is 0.917. The topological polar surface area (TPSA) is 50.4 Å². The monoisotopic (exact) mass is 228 g/mol. The Kier molecular flexibility index (Phi) is 6.42. The molecular weight excluding hydrogens is 204 g/mol. The largest absolute Gasteiger partial charge is 0.381 e. The van der Waals surface area contributed by atoms with E-state index in [0.29, 0.717) is 18.9 Å². The summed E-state index contributed by atoms with van der Waals surface area (Å²) in [5.74, 6) is 0.707. The summed E-state index contributed by atoms with van der Waals surface area (Å²) in [6, 6.07) is 0.218. The molecule has 1 heterocycles. The summed E-state index contributed by atoms with van der Waals surface area (Å²) < 4.78 is 5.52. The molecule has 0 bridgehead atoms. The van der Waals surface area contributed by atoms with Crippen LogP contribution >= 0.6 is 0 Å². The maximum atomic E-state index is 11.3. The van der Waals surface area contributed by atoms with Crippen LogP contribution in [0.4, 0.5) is 0 Å². The van der Waals surface area contributed by atoms with E-state index in [2.05, 4.69) is 10.6 Å². The van der Waals surface area contributed by atoms with Gasteiger partial charge < -0.3 is 15.4 Å². The van der Waals surface area contributed by atoms with Gasteiger partial charge in [0.1, 0.15) is 0 Å². The molecule has 1 rings (SSSR count). The lowest BCUT2D eigenvalue weighted by molar-refractivity contribution is -0.122. The van der Waals surface area contributed by atoms with Crippen molar-refractivity contribution < 1.29 is 9.53 Å². The van der Waals surface area contributed by atoms with Gasteiger partial charge >= 0.3 is 0 Å². The van der Waals surface area contributed by atoms with Crippen molar-refractivity contribution in [1.82, 2.24) is 10.6 Å². The smallest absolute Gasteiger partial charge is 0.222 e. The summed E-state index contributed by atoms with van der Waals surface area (Å²) in [5.41, 5.74) is 0. The van der Waals surface area contributed by atoms with Crippen LogP contribution in [0.15, 0.2) is 0 Å². The van der Waals surface area contributed by atoms with Crippen molar-refractivity contribution in [2.45, 2.75) is 39.2 Å². The number of rotatable bonds is 6. The minimum Gasteiger partial charge on any atom is -0.381 e. The molecule has 1 aliphatic heterocycles. The highest BCUT2D eigenvalue weighted by atomic mass is 16.5. The van der Waals surface area contributed by atoms with Gasteiger partial charge in [0.05, 0.1) is 13.2 Å². The summed E-state index contributed by atoms with van der Waals surface area (Å²) in [5, 5.41) is 6.20. The average Bonchev–Trinajstić information content (AvgIpc) is 2.25. The molecule has 1 amide bonds. The number of carbonyl (C=O) groups is 1. The summed E-state index contributed by atoms with van der Waals surface area (Å²) in [6.45, 7) is 7.43. The molecule has 0 saturated carbocycles.